The molecule has 0 spiro atoms. The maximum atomic E-state index is 13.2. The lowest BCUT2D eigenvalue weighted by Crippen LogP contribution is -2.37. The number of aldehydes is 1. The number of hydrogen-bond acceptors (Lipinski definition) is 3. The van der Waals surface area contributed by atoms with Crippen molar-refractivity contribution in [1.82, 2.24) is 5.32 Å². The molecule has 0 aliphatic heterocycles. The van der Waals surface area contributed by atoms with Crippen molar-refractivity contribution in [2.24, 2.45) is 0 Å². The molecule has 92 valence electrons. The Balaban J connectivity index is 2.92. The van der Waals surface area contributed by atoms with Gasteiger partial charge in [-0.2, -0.15) is 0 Å². The highest BCUT2D eigenvalue weighted by Crippen LogP contribution is 2.20. The lowest BCUT2D eigenvalue weighted by Gasteiger charge is -2.14. The second-order valence-electron chi connectivity index (χ2n) is 3.47. The topological polar surface area (TPSA) is 66.4 Å². The van der Waals surface area contributed by atoms with Gasteiger partial charge in [0, 0.05) is 0 Å². The van der Waals surface area contributed by atoms with Crippen LogP contribution in [-0.4, -0.2) is 23.3 Å². The number of rotatable bonds is 4. The van der Waals surface area contributed by atoms with Gasteiger partial charge < -0.3 is 15.2 Å². The Morgan fingerprint density at radius 1 is 1.41 bits per heavy atom. The molecule has 0 aliphatic carbocycles. The number of carbonyl (C=O) groups is 2. The van der Waals surface area contributed by atoms with Gasteiger partial charge in [0.15, 0.2) is 6.10 Å². The minimum absolute atomic E-state index is 0.433. The van der Waals surface area contributed by atoms with Crippen molar-refractivity contribution in [2.45, 2.75) is 19.1 Å². The first-order chi connectivity index (χ1) is 7.97. The van der Waals surface area contributed by atoms with Crippen LogP contribution in [0.3, 0.4) is 0 Å². The fourth-order valence-electron chi connectivity index (χ4n) is 1.24. The molecule has 0 saturated heterocycles. The van der Waals surface area contributed by atoms with E-state index in [0.717, 1.165) is 18.2 Å². The fraction of sp³-hybridized carbons (Fsp3) is 0.273. The molecule has 0 saturated carbocycles. The SMILES string of the molecule is C[C@@H](C=O)NC(=O)C(O)c1c(F)cccc1F. The molecule has 1 amide bonds. The van der Waals surface area contributed by atoms with Crippen LogP contribution in [0.4, 0.5) is 8.78 Å². The number of benzene rings is 1. The second kappa shape index (κ2) is 5.49. The van der Waals surface area contributed by atoms with Crippen molar-refractivity contribution in [2.75, 3.05) is 0 Å². The van der Waals surface area contributed by atoms with Gasteiger partial charge in [0.25, 0.3) is 5.91 Å². The lowest BCUT2D eigenvalue weighted by atomic mass is 10.1. The van der Waals surface area contributed by atoms with Gasteiger partial charge in [0.2, 0.25) is 0 Å². The van der Waals surface area contributed by atoms with Gasteiger partial charge in [-0.05, 0) is 19.1 Å². The minimum Gasteiger partial charge on any atom is -0.378 e. The number of halogens is 2. The van der Waals surface area contributed by atoms with Crippen LogP contribution >= 0.6 is 0 Å². The fourth-order valence-corrected chi connectivity index (χ4v) is 1.24. The Kier molecular flexibility index (Phi) is 4.28. The molecule has 2 atom stereocenters. The van der Waals surface area contributed by atoms with Gasteiger partial charge in [-0.3, -0.25) is 4.79 Å². The van der Waals surface area contributed by atoms with Crippen molar-refractivity contribution < 1.29 is 23.5 Å². The number of carbonyl (C=O) groups excluding carboxylic acids is 2. The number of aliphatic hydroxyl groups is 1. The third-order valence-electron chi connectivity index (χ3n) is 2.10. The summed E-state index contributed by atoms with van der Waals surface area (Å²) in [5.74, 6) is -3.08. The van der Waals surface area contributed by atoms with E-state index in [2.05, 4.69) is 5.32 Å². The summed E-state index contributed by atoms with van der Waals surface area (Å²) in [6.45, 7) is 1.37. The predicted octanol–water partition coefficient (Wildman–Crippen LogP) is 0.702. The minimum atomic E-state index is -1.99. The Hall–Kier alpha value is -1.82. The molecule has 0 bridgehead atoms. The zero-order chi connectivity index (χ0) is 13.0. The van der Waals surface area contributed by atoms with Crippen LogP contribution in [0.2, 0.25) is 0 Å². The molecule has 0 heterocycles. The molecule has 0 aliphatic rings. The summed E-state index contributed by atoms with van der Waals surface area (Å²) in [6.07, 6.45) is -1.55. The molecule has 0 radical (unpaired) electrons. The highest BCUT2D eigenvalue weighted by Gasteiger charge is 2.25. The van der Waals surface area contributed by atoms with Crippen molar-refractivity contribution in [3.8, 4) is 0 Å². The third kappa shape index (κ3) is 3.07. The predicted molar refractivity (Wildman–Crippen MR) is 55.0 cm³/mol. The molecule has 17 heavy (non-hydrogen) atoms. The molecule has 4 nitrogen and oxygen atoms in total. The normalized spacial score (nSPS) is 13.9. The molecule has 1 rings (SSSR count). The van der Waals surface area contributed by atoms with Gasteiger partial charge in [0.05, 0.1) is 11.6 Å². The van der Waals surface area contributed by atoms with Crippen LogP contribution in [0.15, 0.2) is 18.2 Å². The largest absolute Gasteiger partial charge is 0.378 e. The molecule has 1 unspecified atom stereocenters. The Bertz CT molecular complexity index is 416. The average Bonchev–Trinajstić information content (AvgIpc) is 2.28. The van der Waals surface area contributed by atoms with E-state index < -0.39 is 35.3 Å². The summed E-state index contributed by atoms with van der Waals surface area (Å²) in [4.78, 5) is 21.7. The Morgan fingerprint density at radius 3 is 2.41 bits per heavy atom. The zero-order valence-electron chi connectivity index (χ0n) is 8.98. The highest BCUT2D eigenvalue weighted by atomic mass is 19.1. The van der Waals surface area contributed by atoms with Crippen LogP contribution in [0.1, 0.15) is 18.6 Å². The van der Waals surface area contributed by atoms with Crippen LogP contribution in [0, 0.1) is 11.6 Å². The molecule has 0 aromatic heterocycles. The number of aliphatic hydroxyl groups excluding tert-OH is 1. The van der Waals surface area contributed by atoms with Gasteiger partial charge >= 0.3 is 0 Å². The van der Waals surface area contributed by atoms with Crippen LogP contribution in [0.25, 0.3) is 0 Å². The van der Waals surface area contributed by atoms with E-state index >= 15 is 0 Å². The highest BCUT2D eigenvalue weighted by molar-refractivity contribution is 5.84. The third-order valence-corrected chi connectivity index (χ3v) is 2.10. The second-order valence-corrected chi connectivity index (χ2v) is 3.47. The van der Waals surface area contributed by atoms with E-state index in [1.54, 1.807) is 0 Å². The first-order valence-corrected chi connectivity index (χ1v) is 4.85. The van der Waals surface area contributed by atoms with Gasteiger partial charge in [-0.25, -0.2) is 8.78 Å². The van der Waals surface area contributed by atoms with E-state index in [4.69, 9.17) is 0 Å². The molecule has 1 aromatic carbocycles. The van der Waals surface area contributed by atoms with Crippen molar-refractivity contribution >= 4 is 12.2 Å². The average molecular weight is 243 g/mol. The summed E-state index contributed by atoms with van der Waals surface area (Å²) in [7, 11) is 0. The number of nitrogens with one attached hydrogen (secondary N) is 1. The maximum absolute atomic E-state index is 13.2. The summed E-state index contributed by atoms with van der Waals surface area (Å²) < 4.78 is 26.5. The van der Waals surface area contributed by atoms with E-state index in [-0.39, 0.29) is 0 Å². The number of hydrogen-bond donors (Lipinski definition) is 2. The maximum Gasteiger partial charge on any atom is 0.254 e. The van der Waals surface area contributed by atoms with Gasteiger partial charge in [0.1, 0.15) is 17.9 Å². The summed E-state index contributed by atoms with van der Waals surface area (Å²) in [5, 5.41) is 11.6. The lowest BCUT2D eigenvalue weighted by molar-refractivity contribution is -0.131. The van der Waals surface area contributed by atoms with Crippen molar-refractivity contribution in [3.05, 3.63) is 35.4 Å². The molecule has 6 heteroatoms. The molecule has 1 aromatic rings. The number of amides is 1. The monoisotopic (exact) mass is 243 g/mol. The van der Waals surface area contributed by atoms with Crippen LogP contribution < -0.4 is 5.32 Å². The molecular weight excluding hydrogens is 232 g/mol. The summed E-state index contributed by atoms with van der Waals surface area (Å²) >= 11 is 0. The zero-order valence-corrected chi connectivity index (χ0v) is 8.98. The van der Waals surface area contributed by atoms with Crippen LogP contribution in [-0.2, 0) is 9.59 Å². The molecular formula is C11H11F2NO3. The first kappa shape index (κ1) is 13.2. The van der Waals surface area contributed by atoms with Crippen molar-refractivity contribution in [3.63, 3.8) is 0 Å². The first-order valence-electron chi connectivity index (χ1n) is 4.85. The summed E-state index contributed by atoms with van der Waals surface area (Å²) in [5.41, 5.74) is -0.733. The molecule has 2 N–H and O–H groups in total. The van der Waals surface area contributed by atoms with Crippen molar-refractivity contribution in [1.29, 1.82) is 0 Å². The van der Waals surface area contributed by atoms with Crippen LogP contribution in [0.5, 0.6) is 0 Å². The van der Waals surface area contributed by atoms with E-state index in [1.165, 1.54) is 6.92 Å². The Labute approximate surface area is 96.3 Å². The summed E-state index contributed by atoms with van der Waals surface area (Å²) in [6, 6.07) is 2.13. The van der Waals surface area contributed by atoms with Gasteiger partial charge in [-0.1, -0.05) is 6.07 Å². The van der Waals surface area contributed by atoms with E-state index in [0.29, 0.717) is 6.29 Å². The smallest absolute Gasteiger partial charge is 0.254 e. The Morgan fingerprint density at radius 2 is 1.94 bits per heavy atom. The van der Waals surface area contributed by atoms with Gasteiger partial charge in [-0.15, -0.1) is 0 Å². The standard InChI is InChI=1S/C11H11F2NO3/c1-6(5-15)14-11(17)10(16)9-7(12)3-2-4-8(9)13/h2-6,10,16H,1H3,(H,14,17)/t6-,10?/m0/s1. The van der Waals surface area contributed by atoms with E-state index in [9.17, 15) is 23.5 Å². The molecule has 0 fully saturated rings. The van der Waals surface area contributed by atoms with E-state index in [1.807, 2.05) is 0 Å². The quantitative estimate of drug-likeness (QED) is 0.765.